The van der Waals surface area contributed by atoms with Gasteiger partial charge in [0.05, 0.1) is 19.9 Å². The van der Waals surface area contributed by atoms with Crippen LogP contribution in [-0.4, -0.2) is 39.4 Å². The molecule has 2 rings (SSSR count). The van der Waals surface area contributed by atoms with Gasteiger partial charge in [-0.15, -0.1) is 0 Å². The minimum absolute atomic E-state index is 0.0466. The quantitative estimate of drug-likeness (QED) is 0.316. The summed E-state index contributed by atoms with van der Waals surface area (Å²) in [5, 5.41) is 6.31. The monoisotopic (exact) mass is 411 g/mol. The number of rotatable bonds is 12. The van der Waals surface area contributed by atoms with Gasteiger partial charge in [-0.25, -0.2) is 4.99 Å². The second-order valence-electron chi connectivity index (χ2n) is 5.96. The van der Waals surface area contributed by atoms with E-state index in [0.717, 1.165) is 12.2 Å². The summed E-state index contributed by atoms with van der Waals surface area (Å²) in [6.45, 7) is 1.52. The summed E-state index contributed by atoms with van der Waals surface area (Å²) in [6.07, 6.45) is 2.38. The number of halogens is 2. The molecule has 9 heteroatoms. The first kappa shape index (κ1) is 22.5. The van der Waals surface area contributed by atoms with E-state index >= 15 is 0 Å². The maximum absolute atomic E-state index is 12.7. The van der Waals surface area contributed by atoms with Gasteiger partial charge in [-0.1, -0.05) is 0 Å². The summed E-state index contributed by atoms with van der Waals surface area (Å²) in [4.78, 5) is 4.44. The van der Waals surface area contributed by atoms with Crippen molar-refractivity contribution < 1.29 is 27.4 Å². The lowest BCUT2D eigenvalue weighted by Gasteiger charge is -2.13. The summed E-state index contributed by atoms with van der Waals surface area (Å²) in [6, 6.07) is 8.44. The first-order valence-electron chi connectivity index (χ1n) is 9.36. The van der Waals surface area contributed by atoms with Crippen molar-refractivity contribution in [2.75, 3.05) is 26.8 Å². The zero-order valence-electron chi connectivity index (χ0n) is 16.6. The van der Waals surface area contributed by atoms with Crippen LogP contribution in [0.4, 0.5) is 8.78 Å². The predicted molar refractivity (Wildman–Crippen MR) is 105 cm³/mol. The maximum atomic E-state index is 12.7. The van der Waals surface area contributed by atoms with Crippen molar-refractivity contribution in [2.45, 2.75) is 33.1 Å². The minimum atomic E-state index is -2.92. The number of hydrogen-bond donors (Lipinski definition) is 2. The molecule has 1 aromatic carbocycles. The van der Waals surface area contributed by atoms with Crippen LogP contribution in [0.5, 0.6) is 11.5 Å². The lowest BCUT2D eigenvalue weighted by atomic mass is 10.2. The maximum Gasteiger partial charge on any atom is 0.387 e. The number of ether oxygens (including phenoxy) is 3. The van der Waals surface area contributed by atoms with Gasteiger partial charge >= 0.3 is 6.61 Å². The number of aliphatic imine (C=N–C) groups is 1. The van der Waals surface area contributed by atoms with Crippen LogP contribution in [0, 0.1) is 0 Å². The summed E-state index contributed by atoms with van der Waals surface area (Å²) < 4.78 is 45.7. The van der Waals surface area contributed by atoms with E-state index in [9.17, 15) is 8.78 Å². The van der Waals surface area contributed by atoms with Gasteiger partial charge in [0.25, 0.3) is 0 Å². The molecule has 160 valence electrons. The highest BCUT2D eigenvalue weighted by molar-refractivity contribution is 5.79. The number of nitrogens with one attached hydrogen (secondary N) is 2. The lowest BCUT2D eigenvalue weighted by molar-refractivity contribution is -0.0505. The molecule has 0 amide bonds. The number of alkyl halides is 2. The molecular weight excluding hydrogens is 384 g/mol. The minimum Gasteiger partial charge on any atom is -0.497 e. The van der Waals surface area contributed by atoms with Crippen LogP contribution in [0.3, 0.4) is 0 Å². The van der Waals surface area contributed by atoms with E-state index in [1.54, 1.807) is 18.4 Å². The van der Waals surface area contributed by atoms with E-state index in [4.69, 9.17) is 13.9 Å². The average Bonchev–Trinajstić information content (AvgIpc) is 3.22. The summed E-state index contributed by atoms with van der Waals surface area (Å²) >= 11 is 0. The Morgan fingerprint density at radius 2 is 2.10 bits per heavy atom. The van der Waals surface area contributed by atoms with Crippen molar-refractivity contribution in [2.24, 2.45) is 4.99 Å². The zero-order valence-corrected chi connectivity index (χ0v) is 16.6. The smallest absolute Gasteiger partial charge is 0.387 e. The van der Waals surface area contributed by atoms with Crippen LogP contribution in [-0.2, 0) is 17.9 Å². The molecule has 1 aromatic heterocycles. The fourth-order valence-electron chi connectivity index (χ4n) is 2.45. The molecule has 0 atom stereocenters. The molecule has 1 heterocycles. The van der Waals surface area contributed by atoms with Gasteiger partial charge in [-0.2, -0.15) is 8.78 Å². The van der Waals surface area contributed by atoms with Crippen LogP contribution in [0.25, 0.3) is 0 Å². The Morgan fingerprint density at radius 1 is 1.24 bits per heavy atom. The number of guanidine groups is 1. The number of benzene rings is 1. The van der Waals surface area contributed by atoms with Gasteiger partial charge in [0.2, 0.25) is 0 Å². The third-order valence-electron chi connectivity index (χ3n) is 3.82. The summed E-state index contributed by atoms with van der Waals surface area (Å²) in [5.41, 5.74) is 0.532. The van der Waals surface area contributed by atoms with Crippen LogP contribution < -0.4 is 20.1 Å². The topological polar surface area (TPSA) is 77.3 Å². The largest absolute Gasteiger partial charge is 0.497 e. The molecule has 7 nitrogen and oxygen atoms in total. The van der Waals surface area contributed by atoms with Crippen molar-refractivity contribution in [3.8, 4) is 11.5 Å². The molecule has 0 fully saturated rings. The molecule has 0 aliphatic carbocycles. The van der Waals surface area contributed by atoms with E-state index < -0.39 is 6.61 Å². The van der Waals surface area contributed by atoms with Crippen molar-refractivity contribution in [1.29, 1.82) is 0 Å². The van der Waals surface area contributed by atoms with Crippen molar-refractivity contribution in [1.82, 2.24) is 10.6 Å². The van der Waals surface area contributed by atoms with Crippen LogP contribution in [0.1, 0.15) is 24.7 Å². The molecule has 0 aliphatic heterocycles. The third kappa shape index (κ3) is 8.39. The Hall–Kier alpha value is -2.81. The molecular formula is C20H27F2N3O4. The zero-order chi connectivity index (χ0) is 20.9. The van der Waals surface area contributed by atoms with Gasteiger partial charge in [0, 0.05) is 31.3 Å². The van der Waals surface area contributed by atoms with Crippen LogP contribution >= 0.6 is 0 Å². The predicted octanol–water partition coefficient (Wildman–Crippen LogP) is 3.55. The van der Waals surface area contributed by atoms with E-state index in [-0.39, 0.29) is 12.3 Å². The highest BCUT2D eigenvalue weighted by Gasteiger charge is 2.11. The van der Waals surface area contributed by atoms with E-state index in [0.29, 0.717) is 43.6 Å². The standard InChI is InChI=1S/C20H27F2N3O4/c1-3-23-20(24-9-5-10-27-14-17-6-4-11-28-17)25-13-15-7-8-16(26-2)12-18(15)29-19(21)22/h4,6-8,11-12,19H,3,5,9-10,13-14H2,1-2H3,(H2,23,24,25). The van der Waals surface area contributed by atoms with Gasteiger partial charge in [0.15, 0.2) is 5.96 Å². The molecule has 29 heavy (non-hydrogen) atoms. The van der Waals surface area contributed by atoms with Gasteiger partial charge in [0.1, 0.15) is 23.9 Å². The lowest BCUT2D eigenvalue weighted by Crippen LogP contribution is -2.38. The molecule has 0 aliphatic rings. The normalized spacial score (nSPS) is 11.6. The Morgan fingerprint density at radius 3 is 2.79 bits per heavy atom. The van der Waals surface area contributed by atoms with Gasteiger partial charge in [-0.3, -0.25) is 0 Å². The molecule has 0 radical (unpaired) electrons. The van der Waals surface area contributed by atoms with Crippen molar-refractivity contribution in [3.63, 3.8) is 0 Å². The molecule has 0 saturated heterocycles. The van der Waals surface area contributed by atoms with E-state index in [1.165, 1.54) is 13.2 Å². The van der Waals surface area contributed by atoms with Gasteiger partial charge < -0.3 is 29.3 Å². The summed E-state index contributed by atoms with van der Waals surface area (Å²) in [7, 11) is 1.46. The second kappa shape index (κ2) is 12.6. The molecule has 0 bridgehead atoms. The highest BCUT2D eigenvalue weighted by Crippen LogP contribution is 2.27. The number of methoxy groups -OCH3 is 1. The first-order valence-corrected chi connectivity index (χ1v) is 9.36. The fraction of sp³-hybridized carbons (Fsp3) is 0.450. The second-order valence-corrected chi connectivity index (χ2v) is 5.96. The number of nitrogens with zero attached hydrogens (tertiary/aromatic N) is 1. The number of hydrogen-bond acceptors (Lipinski definition) is 5. The summed E-state index contributed by atoms with van der Waals surface area (Å²) in [5.74, 6) is 1.85. The van der Waals surface area contributed by atoms with Gasteiger partial charge in [-0.05, 0) is 37.6 Å². The van der Waals surface area contributed by atoms with E-state index in [2.05, 4.69) is 20.4 Å². The SMILES string of the molecule is CCNC(=NCc1ccc(OC)cc1OC(F)F)NCCCOCc1ccco1. The number of furan rings is 1. The molecule has 2 N–H and O–H groups in total. The molecule has 0 saturated carbocycles. The van der Waals surface area contributed by atoms with Crippen molar-refractivity contribution >= 4 is 5.96 Å². The van der Waals surface area contributed by atoms with Crippen LogP contribution in [0.2, 0.25) is 0 Å². The Kier molecular flexibility index (Phi) is 9.77. The molecule has 0 spiro atoms. The Balaban J connectivity index is 1.84. The van der Waals surface area contributed by atoms with Crippen molar-refractivity contribution in [3.05, 3.63) is 47.9 Å². The molecule has 0 unspecified atom stereocenters. The first-order chi connectivity index (χ1) is 14.1. The Bertz CT molecular complexity index is 739. The molecule has 2 aromatic rings. The fourth-order valence-corrected chi connectivity index (χ4v) is 2.45. The Labute approximate surface area is 169 Å². The average molecular weight is 411 g/mol. The van der Waals surface area contributed by atoms with E-state index in [1.807, 2.05) is 19.1 Å². The van der Waals surface area contributed by atoms with Crippen LogP contribution in [0.15, 0.2) is 46.0 Å². The highest BCUT2D eigenvalue weighted by atomic mass is 19.3. The third-order valence-corrected chi connectivity index (χ3v) is 3.82.